The molecule has 0 radical (unpaired) electrons. The normalized spacial score (nSPS) is 15.6. The first-order valence-electron chi connectivity index (χ1n) is 7.80. The van der Waals surface area contributed by atoms with Gasteiger partial charge in [-0.05, 0) is 19.1 Å². The molecule has 0 N–H and O–H groups in total. The van der Waals surface area contributed by atoms with Gasteiger partial charge in [-0.15, -0.1) is 11.3 Å². The minimum atomic E-state index is 0.0537. The molecule has 1 saturated heterocycles. The van der Waals surface area contributed by atoms with Crippen LogP contribution in [0.4, 0.5) is 0 Å². The standard InChI is InChI=1S/C17H21N3O2S/c1-14-18-15(13-23-14)11-19-7-9-20(10-8-19)17(21)12-22-16-5-3-2-4-6-16/h2-6,13H,7-12H2,1H3. The number of hydrogen-bond donors (Lipinski definition) is 0. The molecule has 23 heavy (non-hydrogen) atoms. The number of para-hydroxylation sites is 1. The minimum Gasteiger partial charge on any atom is -0.484 e. The summed E-state index contributed by atoms with van der Waals surface area (Å²) in [6.45, 7) is 6.27. The Morgan fingerprint density at radius 1 is 1.22 bits per heavy atom. The van der Waals surface area contributed by atoms with E-state index in [9.17, 15) is 4.79 Å². The predicted molar refractivity (Wildman–Crippen MR) is 90.6 cm³/mol. The molecule has 0 atom stereocenters. The summed E-state index contributed by atoms with van der Waals surface area (Å²) < 4.78 is 5.53. The first kappa shape index (κ1) is 16.0. The van der Waals surface area contributed by atoms with E-state index < -0.39 is 0 Å². The largest absolute Gasteiger partial charge is 0.484 e. The Morgan fingerprint density at radius 3 is 2.61 bits per heavy atom. The van der Waals surface area contributed by atoms with Crippen LogP contribution in [0.2, 0.25) is 0 Å². The van der Waals surface area contributed by atoms with Gasteiger partial charge in [-0.25, -0.2) is 4.98 Å². The number of carbonyl (C=O) groups is 1. The minimum absolute atomic E-state index is 0.0537. The molecule has 1 fully saturated rings. The molecule has 2 heterocycles. The van der Waals surface area contributed by atoms with E-state index in [1.54, 1.807) is 11.3 Å². The number of amides is 1. The Balaban J connectivity index is 1.42. The Hall–Kier alpha value is -1.92. The van der Waals surface area contributed by atoms with Crippen molar-refractivity contribution in [2.75, 3.05) is 32.8 Å². The molecule has 0 spiro atoms. The van der Waals surface area contributed by atoms with Gasteiger partial charge in [0.1, 0.15) is 5.75 Å². The molecule has 2 aromatic rings. The number of aryl methyl sites for hydroxylation is 1. The van der Waals surface area contributed by atoms with Gasteiger partial charge in [-0.1, -0.05) is 18.2 Å². The second-order valence-electron chi connectivity index (χ2n) is 5.62. The van der Waals surface area contributed by atoms with Gasteiger partial charge in [0.15, 0.2) is 6.61 Å². The fourth-order valence-corrected chi connectivity index (χ4v) is 3.22. The van der Waals surface area contributed by atoms with Gasteiger partial charge in [0.05, 0.1) is 10.7 Å². The molecule has 1 aliphatic rings. The molecule has 6 heteroatoms. The van der Waals surface area contributed by atoms with Crippen LogP contribution in [0.15, 0.2) is 35.7 Å². The maximum atomic E-state index is 12.2. The lowest BCUT2D eigenvalue weighted by molar-refractivity contribution is -0.135. The monoisotopic (exact) mass is 331 g/mol. The van der Waals surface area contributed by atoms with Crippen molar-refractivity contribution in [3.63, 3.8) is 0 Å². The van der Waals surface area contributed by atoms with Crippen LogP contribution in [-0.2, 0) is 11.3 Å². The van der Waals surface area contributed by atoms with E-state index in [0.717, 1.165) is 49.2 Å². The van der Waals surface area contributed by atoms with Crippen molar-refractivity contribution in [1.82, 2.24) is 14.8 Å². The molecule has 0 saturated carbocycles. The molecule has 1 aromatic heterocycles. The molecule has 0 aliphatic carbocycles. The Kier molecular flexibility index (Phi) is 5.25. The molecule has 122 valence electrons. The van der Waals surface area contributed by atoms with Gasteiger partial charge in [-0.3, -0.25) is 9.69 Å². The first-order chi connectivity index (χ1) is 11.2. The van der Waals surface area contributed by atoms with Gasteiger partial charge >= 0.3 is 0 Å². The lowest BCUT2D eigenvalue weighted by Crippen LogP contribution is -2.49. The van der Waals surface area contributed by atoms with E-state index in [2.05, 4.69) is 15.3 Å². The number of hydrogen-bond acceptors (Lipinski definition) is 5. The summed E-state index contributed by atoms with van der Waals surface area (Å²) in [5.41, 5.74) is 1.12. The quantitative estimate of drug-likeness (QED) is 0.842. The number of carbonyl (C=O) groups excluding carboxylic acids is 1. The summed E-state index contributed by atoms with van der Waals surface area (Å²) in [5.74, 6) is 0.788. The number of piperazine rings is 1. The Labute approximate surface area is 140 Å². The molecular formula is C17H21N3O2S. The molecule has 0 unspecified atom stereocenters. The average molecular weight is 331 g/mol. The lowest BCUT2D eigenvalue weighted by atomic mass is 10.3. The number of rotatable bonds is 5. The van der Waals surface area contributed by atoms with Crippen LogP contribution >= 0.6 is 11.3 Å². The van der Waals surface area contributed by atoms with Crippen LogP contribution < -0.4 is 4.74 Å². The van der Waals surface area contributed by atoms with Crippen molar-refractivity contribution in [3.05, 3.63) is 46.4 Å². The van der Waals surface area contributed by atoms with Crippen molar-refractivity contribution >= 4 is 17.2 Å². The van der Waals surface area contributed by atoms with E-state index >= 15 is 0 Å². The highest BCUT2D eigenvalue weighted by Crippen LogP contribution is 2.13. The zero-order valence-electron chi connectivity index (χ0n) is 13.3. The van der Waals surface area contributed by atoms with Crippen LogP contribution in [0.5, 0.6) is 5.75 Å². The molecular weight excluding hydrogens is 310 g/mol. The summed E-state index contributed by atoms with van der Waals surface area (Å²) in [6.07, 6.45) is 0. The molecule has 1 aromatic carbocycles. The van der Waals surface area contributed by atoms with E-state index in [0.29, 0.717) is 0 Å². The van der Waals surface area contributed by atoms with E-state index in [4.69, 9.17) is 4.74 Å². The number of thiazole rings is 1. The summed E-state index contributed by atoms with van der Waals surface area (Å²) in [6, 6.07) is 9.46. The molecule has 1 aliphatic heterocycles. The first-order valence-corrected chi connectivity index (χ1v) is 8.67. The topological polar surface area (TPSA) is 45.7 Å². The predicted octanol–water partition coefficient (Wildman–Crippen LogP) is 2.17. The van der Waals surface area contributed by atoms with Crippen LogP contribution in [-0.4, -0.2) is 53.5 Å². The van der Waals surface area contributed by atoms with Gasteiger partial charge in [0.25, 0.3) is 5.91 Å². The zero-order valence-corrected chi connectivity index (χ0v) is 14.1. The summed E-state index contributed by atoms with van der Waals surface area (Å²) in [5, 5.41) is 3.22. The maximum absolute atomic E-state index is 12.2. The van der Waals surface area contributed by atoms with Crippen LogP contribution in [0, 0.1) is 6.92 Å². The number of aromatic nitrogens is 1. The van der Waals surface area contributed by atoms with E-state index in [1.807, 2.05) is 42.2 Å². The number of benzene rings is 1. The van der Waals surface area contributed by atoms with Gasteiger partial charge in [-0.2, -0.15) is 0 Å². The van der Waals surface area contributed by atoms with Crippen molar-refractivity contribution in [2.24, 2.45) is 0 Å². The van der Waals surface area contributed by atoms with E-state index in [-0.39, 0.29) is 12.5 Å². The van der Waals surface area contributed by atoms with Crippen molar-refractivity contribution in [2.45, 2.75) is 13.5 Å². The third kappa shape index (κ3) is 4.53. The van der Waals surface area contributed by atoms with Crippen molar-refractivity contribution < 1.29 is 9.53 Å². The average Bonchev–Trinajstić information content (AvgIpc) is 2.99. The van der Waals surface area contributed by atoms with Crippen LogP contribution in [0.25, 0.3) is 0 Å². The fourth-order valence-electron chi connectivity index (χ4n) is 2.62. The van der Waals surface area contributed by atoms with Crippen molar-refractivity contribution in [1.29, 1.82) is 0 Å². The third-order valence-corrected chi connectivity index (χ3v) is 4.71. The van der Waals surface area contributed by atoms with Crippen LogP contribution in [0.1, 0.15) is 10.7 Å². The molecule has 1 amide bonds. The molecule has 5 nitrogen and oxygen atoms in total. The highest BCUT2D eigenvalue weighted by atomic mass is 32.1. The number of nitrogens with zero attached hydrogens (tertiary/aromatic N) is 3. The number of ether oxygens (including phenoxy) is 1. The molecule has 0 bridgehead atoms. The van der Waals surface area contributed by atoms with Gasteiger partial charge in [0, 0.05) is 38.1 Å². The fraction of sp³-hybridized carbons (Fsp3) is 0.412. The molecule has 3 rings (SSSR count). The lowest BCUT2D eigenvalue weighted by Gasteiger charge is -2.34. The SMILES string of the molecule is Cc1nc(CN2CCN(C(=O)COc3ccccc3)CC2)cs1. The smallest absolute Gasteiger partial charge is 0.260 e. The Bertz CT molecular complexity index is 636. The summed E-state index contributed by atoms with van der Waals surface area (Å²) >= 11 is 1.68. The maximum Gasteiger partial charge on any atom is 0.260 e. The van der Waals surface area contributed by atoms with Gasteiger partial charge in [0.2, 0.25) is 0 Å². The van der Waals surface area contributed by atoms with Crippen LogP contribution in [0.3, 0.4) is 0 Å². The van der Waals surface area contributed by atoms with E-state index in [1.165, 1.54) is 0 Å². The second-order valence-corrected chi connectivity index (χ2v) is 6.68. The summed E-state index contributed by atoms with van der Waals surface area (Å²) in [4.78, 5) is 20.9. The second kappa shape index (κ2) is 7.57. The van der Waals surface area contributed by atoms with Crippen molar-refractivity contribution in [3.8, 4) is 5.75 Å². The third-order valence-electron chi connectivity index (χ3n) is 3.88. The Morgan fingerprint density at radius 2 is 1.96 bits per heavy atom. The zero-order chi connectivity index (χ0) is 16.1. The highest BCUT2D eigenvalue weighted by Gasteiger charge is 2.21. The highest BCUT2D eigenvalue weighted by molar-refractivity contribution is 7.09. The van der Waals surface area contributed by atoms with Gasteiger partial charge < -0.3 is 9.64 Å². The summed E-state index contributed by atoms with van der Waals surface area (Å²) in [7, 11) is 0.